The van der Waals surface area contributed by atoms with Gasteiger partial charge < -0.3 is 9.13 Å². The lowest BCUT2D eigenvalue weighted by atomic mass is 9.92. The smallest absolute Gasteiger partial charge is 0.259 e. The second-order valence-electron chi connectivity index (χ2n) is 5.80. The van der Waals surface area contributed by atoms with Gasteiger partial charge in [-0.2, -0.15) is 0 Å². The van der Waals surface area contributed by atoms with E-state index >= 15 is 0 Å². The summed E-state index contributed by atoms with van der Waals surface area (Å²) in [7, 11) is -1.81. The molecule has 8 heteroatoms. The largest absolute Gasteiger partial charge is 0.339 e. The maximum atomic E-state index is 12.1. The van der Waals surface area contributed by atoms with Crippen molar-refractivity contribution < 1.29 is 8.42 Å². The van der Waals surface area contributed by atoms with Crippen LogP contribution in [0.4, 0.5) is 0 Å². The molecule has 0 atom stereocenters. The highest BCUT2D eigenvalue weighted by Gasteiger charge is 2.23. The summed E-state index contributed by atoms with van der Waals surface area (Å²) in [5.74, 6) is 0.950. The van der Waals surface area contributed by atoms with Gasteiger partial charge in [0.05, 0.1) is 6.33 Å². The van der Waals surface area contributed by atoms with Crippen LogP contribution in [0.2, 0.25) is 0 Å². The molecule has 1 aliphatic carbocycles. The molecule has 0 bridgehead atoms. The van der Waals surface area contributed by atoms with Crippen LogP contribution in [-0.2, 0) is 23.5 Å². The van der Waals surface area contributed by atoms with Crippen LogP contribution in [0.3, 0.4) is 0 Å². The Morgan fingerprint density at radius 2 is 2.14 bits per heavy atom. The van der Waals surface area contributed by atoms with Gasteiger partial charge in [-0.1, -0.05) is 0 Å². The summed E-state index contributed by atoms with van der Waals surface area (Å²) >= 11 is 0. The van der Waals surface area contributed by atoms with E-state index in [4.69, 9.17) is 0 Å². The molecular weight excluding hydrogens is 302 g/mol. The van der Waals surface area contributed by atoms with E-state index in [1.807, 2.05) is 13.1 Å². The topological polar surface area (TPSA) is 81.8 Å². The molecule has 22 heavy (non-hydrogen) atoms. The Balaban J connectivity index is 1.64. The van der Waals surface area contributed by atoms with Gasteiger partial charge in [0.15, 0.2) is 5.03 Å². The molecule has 0 unspecified atom stereocenters. The van der Waals surface area contributed by atoms with E-state index in [9.17, 15) is 8.42 Å². The molecule has 0 aromatic carbocycles. The zero-order valence-electron chi connectivity index (χ0n) is 12.9. The summed E-state index contributed by atoms with van der Waals surface area (Å²) in [6, 6.07) is 0.532. The van der Waals surface area contributed by atoms with Gasteiger partial charge in [-0.05, 0) is 26.2 Å². The van der Waals surface area contributed by atoms with Crippen LogP contribution in [0.5, 0.6) is 0 Å². The number of nitrogens with zero attached hydrogens (tertiary/aromatic N) is 4. The number of hydrogen-bond acceptors (Lipinski definition) is 4. The summed E-state index contributed by atoms with van der Waals surface area (Å²) in [5, 5.41) is 0.0496. The van der Waals surface area contributed by atoms with Crippen LogP contribution >= 0.6 is 0 Å². The predicted octanol–water partition coefficient (Wildman–Crippen LogP) is 1.17. The highest BCUT2D eigenvalue weighted by Crippen LogP contribution is 2.33. The highest BCUT2D eigenvalue weighted by atomic mass is 32.2. The van der Waals surface area contributed by atoms with Crippen molar-refractivity contribution in [1.82, 2.24) is 23.8 Å². The number of aryl methyl sites for hydroxylation is 2. The molecule has 1 saturated carbocycles. The van der Waals surface area contributed by atoms with Crippen molar-refractivity contribution in [3.63, 3.8) is 0 Å². The van der Waals surface area contributed by atoms with Gasteiger partial charge in [0.25, 0.3) is 10.0 Å². The van der Waals surface area contributed by atoms with Crippen LogP contribution in [-0.4, -0.2) is 34.1 Å². The maximum absolute atomic E-state index is 12.1. The first kappa shape index (κ1) is 15.2. The minimum absolute atomic E-state index is 0.0496. The Hall–Kier alpha value is -1.67. The number of rotatable bonds is 6. The van der Waals surface area contributed by atoms with Gasteiger partial charge >= 0.3 is 0 Å². The first-order valence-electron chi connectivity index (χ1n) is 7.48. The van der Waals surface area contributed by atoms with Gasteiger partial charge in [-0.15, -0.1) is 0 Å². The molecule has 2 aromatic heterocycles. The van der Waals surface area contributed by atoms with Crippen molar-refractivity contribution in [2.45, 2.75) is 43.7 Å². The summed E-state index contributed by atoms with van der Waals surface area (Å²) < 4.78 is 30.7. The molecule has 1 aliphatic rings. The van der Waals surface area contributed by atoms with E-state index in [-0.39, 0.29) is 5.03 Å². The third-order valence-electron chi connectivity index (χ3n) is 4.10. The van der Waals surface area contributed by atoms with Crippen molar-refractivity contribution in [3.05, 3.63) is 30.2 Å². The van der Waals surface area contributed by atoms with E-state index in [0.29, 0.717) is 19.0 Å². The van der Waals surface area contributed by atoms with Gasteiger partial charge in [0.1, 0.15) is 5.82 Å². The van der Waals surface area contributed by atoms with Crippen LogP contribution in [0.25, 0.3) is 0 Å². The van der Waals surface area contributed by atoms with Crippen LogP contribution in [0, 0.1) is 6.92 Å². The fraction of sp³-hybridized carbons (Fsp3) is 0.571. The number of aromatic nitrogens is 4. The third kappa shape index (κ3) is 2.93. The summed E-state index contributed by atoms with van der Waals surface area (Å²) in [6.07, 6.45) is 9.03. The summed E-state index contributed by atoms with van der Waals surface area (Å²) in [6.45, 7) is 2.37. The molecule has 0 aliphatic heterocycles. The molecule has 0 radical (unpaired) electrons. The van der Waals surface area contributed by atoms with Crippen molar-refractivity contribution in [2.24, 2.45) is 7.05 Å². The zero-order chi connectivity index (χ0) is 15.7. The molecule has 0 spiro atoms. The summed E-state index contributed by atoms with van der Waals surface area (Å²) in [5.41, 5.74) is 1.15. The van der Waals surface area contributed by atoms with Gasteiger partial charge in [-0.25, -0.2) is 23.1 Å². The van der Waals surface area contributed by atoms with Gasteiger partial charge in [-0.3, -0.25) is 0 Å². The Bertz CT molecular complexity index is 758. The molecule has 0 amide bonds. The predicted molar refractivity (Wildman–Crippen MR) is 82.0 cm³/mol. The van der Waals surface area contributed by atoms with Crippen molar-refractivity contribution in [3.8, 4) is 0 Å². The highest BCUT2D eigenvalue weighted by molar-refractivity contribution is 7.89. The lowest BCUT2D eigenvalue weighted by molar-refractivity contribution is 0.302. The maximum Gasteiger partial charge on any atom is 0.259 e. The number of hydrogen-bond donors (Lipinski definition) is 1. The minimum atomic E-state index is -3.55. The van der Waals surface area contributed by atoms with Gasteiger partial charge in [0, 0.05) is 44.1 Å². The Labute approximate surface area is 130 Å². The Morgan fingerprint density at radius 3 is 2.73 bits per heavy atom. The summed E-state index contributed by atoms with van der Waals surface area (Å²) in [4.78, 5) is 8.30. The second kappa shape index (κ2) is 5.85. The molecule has 0 saturated heterocycles. The lowest BCUT2D eigenvalue weighted by Gasteiger charge is -2.29. The van der Waals surface area contributed by atoms with Crippen molar-refractivity contribution in [2.75, 3.05) is 6.54 Å². The average molecular weight is 323 g/mol. The van der Waals surface area contributed by atoms with E-state index in [2.05, 4.69) is 19.3 Å². The molecule has 7 nitrogen and oxygen atoms in total. The second-order valence-corrected chi connectivity index (χ2v) is 7.51. The number of imidazole rings is 2. The fourth-order valence-electron chi connectivity index (χ4n) is 2.72. The molecule has 120 valence electrons. The molecule has 2 heterocycles. The van der Waals surface area contributed by atoms with E-state index in [0.717, 1.165) is 11.5 Å². The average Bonchev–Trinajstić information content (AvgIpc) is 2.97. The number of nitrogens with one attached hydrogen (secondary N) is 1. The lowest BCUT2D eigenvalue weighted by Crippen LogP contribution is -2.28. The van der Waals surface area contributed by atoms with E-state index in [1.165, 1.54) is 31.8 Å². The fourth-order valence-corrected chi connectivity index (χ4v) is 3.73. The normalized spacial score (nSPS) is 15.9. The minimum Gasteiger partial charge on any atom is -0.339 e. The molecule has 1 fully saturated rings. The SMILES string of the molecule is Cc1cnc(CCNS(=O)(=O)c2cn(C)cn2)n1C1CCC1. The van der Waals surface area contributed by atoms with Crippen LogP contribution in [0.15, 0.2) is 23.7 Å². The molecular formula is C14H21N5O2S. The van der Waals surface area contributed by atoms with Crippen LogP contribution < -0.4 is 4.72 Å². The quantitative estimate of drug-likeness (QED) is 0.865. The van der Waals surface area contributed by atoms with E-state index in [1.54, 1.807) is 11.6 Å². The monoisotopic (exact) mass is 323 g/mol. The first-order chi connectivity index (χ1) is 10.5. The van der Waals surface area contributed by atoms with Crippen molar-refractivity contribution >= 4 is 10.0 Å². The number of sulfonamides is 1. The molecule has 2 aromatic rings. The standard InChI is InChI=1S/C14H21N5O2S/c1-11-8-15-13(19(11)12-4-3-5-12)6-7-17-22(20,21)14-9-18(2)10-16-14/h8-10,12,17H,3-7H2,1-2H3. The zero-order valence-corrected chi connectivity index (χ0v) is 13.7. The molecule has 1 N–H and O–H groups in total. The van der Waals surface area contributed by atoms with Crippen LogP contribution in [0.1, 0.15) is 36.8 Å². The first-order valence-corrected chi connectivity index (χ1v) is 8.96. The Morgan fingerprint density at radius 1 is 1.36 bits per heavy atom. The molecule has 3 rings (SSSR count). The van der Waals surface area contributed by atoms with Gasteiger partial charge in [0.2, 0.25) is 0 Å². The van der Waals surface area contributed by atoms with E-state index < -0.39 is 10.0 Å². The van der Waals surface area contributed by atoms with Crippen molar-refractivity contribution in [1.29, 1.82) is 0 Å². The third-order valence-corrected chi connectivity index (χ3v) is 5.44. The Kier molecular flexibility index (Phi) is 4.05.